The Labute approximate surface area is 154 Å². The Morgan fingerprint density at radius 2 is 1.45 bits per heavy atom. The molecule has 0 amide bonds. The summed E-state index contributed by atoms with van der Waals surface area (Å²) in [6.07, 6.45) is 10.5. The van der Waals surface area contributed by atoms with Gasteiger partial charge in [0.05, 0.1) is 6.61 Å². The van der Waals surface area contributed by atoms with Crippen molar-refractivity contribution in [2.24, 2.45) is 0 Å². The van der Waals surface area contributed by atoms with Crippen LogP contribution in [0.3, 0.4) is 0 Å². The molecule has 0 aromatic heterocycles. The van der Waals surface area contributed by atoms with Gasteiger partial charge in [-0.3, -0.25) is 4.18 Å². The van der Waals surface area contributed by atoms with Crippen LogP contribution in [0, 0.1) is 6.10 Å². The number of halogens is 1. The van der Waals surface area contributed by atoms with Crippen molar-refractivity contribution in [2.75, 3.05) is 13.2 Å². The first-order valence-corrected chi connectivity index (χ1v) is 7.99. The Balaban J connectivity index is -0.00000144. The zero-order valence-corrected chi connectivity index (χ0v) is 16.7. The summed E-state index contributed by atoms with van der Waals surface area (Å²) < 4.78 is 30.3. The summed E-state index contributed by atoms with van der Waals surface area (Å²) in [6, 6.07) is 0. The van der Waals surface area contributed by atoms with E-state index >= 15 is 0 Å². The molecule has 0 rings (SSSR count). The van der Waals surface area contributed by atoms with Gasteiger partial charge in [0.2, 0.25) is 0 Å². The number of hydrogen-bond donors (Lipinski definition) is 1. The van der Waals surface area contributed by atoms with Crippen LogP contribution >= 0.6 is 0 Å². The summed E-state index contributed by atoms with van der Waals surface area (Å²) in [7, 11) is -2.79. The Hall–Kier alpha value is 1.16. The first-order chi connectivity index (χ1) is 8.66. The third-order valence-electron chi connectivity index (χ3n) is 2.68. The molecule has 0 heterocycles. The van der Waals surface area contributed by atoms with E-state index in [1.807, 2.05) is 0 Å². The minimum Gasteiger partial charge on any atom is -1.00 e. The van der Waals surface area contributed by atoms with Gasteiger partial charge in [-0.25, -0.2) is 8.42 Å². The molecule has 0 N–H and O–H groups in total. The van der Waals surface area contributed by atoms with Crippen LogP contribution in [0.15, 0.2) is 0 Å². The van der Waals surface area contributed by atoms with Crippen LogP contribution in [0.5, 0.6) is 0 Å². The van der Waals surface area contributed by atoms with Crippen molar-refractivity contribution in [3.63, 3.8) is 0 Å². The monoisotopic (exact) mass is 337 g/mol. The number of thiol groups is 1. The summed E-state index contributed by atoms with van der Waals surface area (Å²) in [6.45, 7) is 4.77. The predicted molar refractivity (Wildman–Crippen MR) is 73.7 cm³/mol. The van der Waals surface area contributed by atoms with Crippen molar-refractivity contribution >= 4 is 11.0 Å². The molecule has 4 nitrogen and oxygen atoms in total. The van der Waals surface area contributed by atoms with Crippen LogP contribution in [0.2, 0.25) is 0 Å². The molecule has 0 fully saturated rings. The smallest absolute Gasteiger partial charge is 1.00 e. The largest absolute Gasteiger partial charge is 1.00 e. The molecule has 0 bridgehead atoms. The summed E-state index contributed by atoms with van der Waals surface area (Å²) in [4.78, 5) is 0. The van der Waals surface area contributed by atoms with Crippen LogP contribution in [0.1, 0.15) is 65.2 Å². The van der Waals surface area contributed by atoms with E-state index in [1.54, 1.807) is 6.92 Å². The van der Waals surface area contributed by atoms with Crippen molar-refractivity contribution in [2.45, 2.75) is 65.2 Å². The Morgan fingerprint density at radius 1 is 0.950 bits per heavy atom. The first-order valence-electron chi connectivity index (χ1n) is 6.89. The van der Waals surface area contributed by atoms with E-state index in [2.05, 4.69) is 11.1 Å². The standard InChI is InChI=1S/C13H27O4S.ClH.Na/c1-3-4-5-6-7-8-9-10-11-16-12-13(2)17-18(14)15;;/h18H,3-12H2,1-2H3;1H;/q;;+1/p-1. The van der Waals surface area contributed by atoms with Gasteiger partial charge >= 0.3 is 29.6 Å². The normalized spacial score (nSPS) is 10.4. The van der Waals surface area contributed by atoms with Gasteiger partial charge in [-0.05, 0) is 13.3 Å². The zero-order valence-electron chi connectivity index (χ0n) is 13.0. The van der Waals surface area contributed by atoms with Crippen LogP contribution in [0.4, 0.5) is 0 Å². The van der Waals surface area contributed by atoms with Gasteiger partial charge < -0.3 is 17.1 Å². The topological polar surface area (TPSA) is 52.6 Å². The predicted octanol–water partition coefficient (Wildman–Crippen LogP) is -2.75. The third-order valence-corrected chi connectivity index (χ3v) is 3.14. The third kappa shape index (κ3) is 21.5. The molecule has 20 heavy (non-hydrogen) atoms. The summed E-state index contributed by atoms with van der Waals surface area (Å²) in [5, 5.41) is 0. The Bertz CT molecular complexity index is 245. The SMILES string of the molecule is CCCCCCCCCCOC[C](C)O[SH](=O)=O.[Cl-].[Na+]. The molecule has 0 saturated heterocycles. The van der Waals surface area contributed by atoms with Gasteiger partial charge in [-0.15, -0.1) is 0 Å². The molecule has 117 valence electrons. The van der Waals surface area contributed by atoms with Gasteiger partial charge in [0.25, 0.3) is 11.0 Å². The fourth-order valence-corrected chi connectivity index (χ4v) is 2.01. The van der Waals surface area contributed by atoms with E-state index in [1.165, 1.54) is 44.9 Å². The van der Waals surface area contributed by atoms with Crippen molar-refractivity contribution < 1.29 is 59.3 Å². The molecule has 1 radical (unpaired) electrons. The summed E-state index contributed by atoms with van der Waals surface area (Å²) in [5.41, 5.74) is 0. The molecule has 7 heteroatoms. The van der Waals surface area contributed by atoms with Gasteiger partial charge in [0, 0.05) is 6.61 Å². The maximum absolute atomic E-state index is 10.2. The van der Waals surface area contributed by atoms with Gasteiger partial charge in [0.15, 0.2) is 0 Å². The molecule has 0 aliphatic carbocycles. The molecular formula is C13H27ClNaO4S. The molecular weight excluding hydrogens is 311 g/mol. The number of unbranched alkanes of at least 4 members (excludes halogenated alkanes) is 7. The zero-order chi connectivity index (χ0) is 13.6. The first kappa shape index (κ1) is 26.1. The van der Waals surface area contributed by atoms with Crippen molar-refractivity contribution in [3.05, 3.63) is 6.10 Å². The van der Waals surface area contributed by atoms with Gasteiger partial charge in [-0.2, -0.15) is 0 Å². The Kier molecular flexibility index (Phi) is 26.3. The summed E-state index contributed by atoms with van der Waals surface area (Å²) in [5.74, 6) is 0. The number of ether oxygens (including phenoxy) is 1. The second kappa shape index (κ2) is 20.2. The minimum atomic E-state index is -2.79. The molecule has 0 aliphatic rings. The van der Waals surface area contributed by atoms with Crippen LogP contribution in [0.25, 0.3) is 0 Å². The fourth-order valence-electron chi connectivity index (χ4n) is 1.71. The van der Waals surface area contributed by atoms with Crippen molar-refractivity contribution in [3.8, 4) is 0 Å². The molecule has 0 aliphatic heterocycles. The molecule has 0 spiro atoms. The minimum absolute atomic E-state index is 0. The van der Waals surface area contributed by atoms with E-state index in [-0.39, 0.29) is 48.6 Å². The van der Waals surface area contributed by atoms with Crippen LogP contribution < -0.4 is 42.0 Å². The van der Waals surface area contributed by atoms with E-state index in [4.69, 9.17) is 4.74 Å². The van der Waals surface area contributed by atoms with Crippen LogP contribution in [-0.2, 0) is 19.9 Å². The maximum Gasteiger partial charge on any atom is 1.00 e. The molecule has 0 saturated carbocycles. The van der Waals surface area contributed by atoms with E-state index in [9.17, 15) is 8.42 Å². The molecule has 0 atom stereocenters. The van der Waals surface area contributed by atoms with Gasteiger partial charge in [0.1, 0.15) is 6.10 Å². The van der Waals surface area contributed by atoms with Gasteiger partial charge in [-0.1, -0.05) is 51.9 Å². The second-order valence-corrected chi connectivity index (χ2v) is 5.17. The van der Waals surface area contributed by atoms with E-state index < -0.39 is 11.0 Å². The molecule has 0 aromatic carbocycles. The van der Waals surface area contributed by atoms with E-state index in [0.29, 0.717) is 12.7 Å². The number of rotatable bonds is 13. The average molecular weight is 338 g/mol. The van der Waals surface area contributed by atoms with E-state index in [0.717, 1.165) is 6.42 Å². The fraction of sp³-hybridized carbons (Fsp3) is 0.923. The molecule has 0 aromatic rings. The maximum atomic E-state index is 10.2. The van der Waals surface area contributed by atoms with Crippen molar-refractivity contribution in [1.82, 2.24) is 0 Å². The number of hydrogen-bond acceptors (Lipinski definition) is 4. The van der Waals surface area contributed by atoms with Crippen LogP contribution in [-0.4, -0.2) is 21.6 Å². The second-order valence-electron chi connectivity index (χ2n) is 4.54. The average Bonchev–Trinajstić information content (AvgIpc) is 2.30. The summed E-state index contributed by atoms with van der Waals surface area (Å²) >= 11 is 0. The molecule has 0 unspecified atom stereocenters. The quantitative estimate of drug-likeness (QED) is 0.225. The van der Waals surface area contributed by atoms with Crippen molar-refractivity contribution in [1.29, 1.82) is 0 Å². The Morgan fingerprint density at radius 3 is 1.95 bits per heavy atom.